The van der Waals surface area contributed by atoms with E-state index in [4.69, 9.17) is 5.73 Å². The van der Waals surface area contributed by atoms with Gasteiger partial charge in [0.05, 0.1) is 6.54 Å². The van der Waals surface area contributed by atoms with E-state index in [9.17, 15) is 4.79 Å². The number of halogens is 2. The summed E-state index contributed by atoms with van der Waals surface area (Å²) in [4.78, 5) is 14.2. The van der Waals surface area contributed by atoms with Crippen LogP contribution in [0.1, 0.15) is 24.5 Å². The SMILES string of the molecule is Cc1cccc(C)c1NCC(=O)N1CCC(C)(CN)C1.Cl.Cl. The average Bonchev–Trinajstić information content (AvgIpc) is 2.81. The molecule has 1 unspecified atom stereocenters. The Morgan fingerprint density at radius 2 is 1.91 bits per heavy atom. The van der Waals surface area contributed by atoms with Crippen molar-refractivity contribution in [2.45, 2.75) is 27.2 Å². The summed E-state index contributed by atoms with van der Waals surface area (Å²) in [6.45, 7) is 8.85. The molecule has 0 aliphatic carbocycles. The summed E-state index contributed by atoms with van der Waals surface area (Å²) in [5, 5.41) is 3.28. The van der Waals surface area contributed by atoms with Crippen LogP contribution in [0.5, 0.6) is 0 Å². The molecule has 2 rings (SSSR count). The molecule has 0 bridgehead atoms. The summed E-state index contributed by atoms with van der Waals surface area (Å²) in [5.41, 5.74) is 9.29. The van der Waals surface area contributed by atoms with Gasteiger partial charge in [0, 0.05) is 18.8 Å². The molecular formula is C16H27Cl2N3O. The molecule has 0 aromatic heterocycles. The number of carbonyl (C=O) groups excluding carboxylic acids is 1. The number of anilines is 1. The van der Waals surface area contributed by atoms with Crippen LogP contribution in [-0.2, 0) is 4.79 Å². The molecule has 0 saturated carbocycles. The van der Waals surface area contributed by atoms with Gasteiger partial charge in [-0.3, -0.25) is 4.79 Å². The molecular weight excluding hydrogens is 321 g/mol. The van der Waals surface area contributed by atoms with Crippen molar-refractivity contribution in [3.05, 3.63) is 29.3 Å². The Labute approximate surface area is 145 Å². The maximum absolute atomic E-state index is 12.3. The number of nitrogens with zero attached hydrogens (tertiary/aromatic N) is 1. The fraction of sp³-hybridized carbons (Fsp3) is 0.562. The number of hydrogen-bond donors (Lipinski definition) is 2. The standard InChI is InChI=1S/C16H25N3O.2ClH/c1-12-5-4-6-13(2)15(12)18-9-14(20)19-8-7-16(3,10-17)11-19;;/h4-6,18H,7-11,17H2,1-3H3;2*1H. The lowest BCUT2D eigenvalue weighted by Gasteiger charge is -2.23. The van der Waals surface area contributed by atoms with E-state index in [0.29, 0.717) is 13.1 Å². The van der Waals surface area contributed by atoms with Crippen molar-refractivity contribution in [2.75, 3.05) is 31.5 Å². The molecule has 1 saturated heterocycles. The second kappa shape index (κ2) is 8.61. The zero-order valence-electron chi connectivity index (χ0n) is 13.5. The van der Waals surface area contributed by atoms with Crippen molar-refractivity contribution in [2.24, 2.45) is 11.1 Å². The zero-order valence-corrected chi connectivity index (χ0v) is 15.1. The molecule has 4 nitrogen and oxygen atoms in total. The molecule has 1 aliphatic heterocycles. The first-order chi connectivity index (χ1) is 9.45. The number of likely N-dealkylation sites (tertiary alicyclic amines) is 1. The molecule has 0 spiro atoms. The minimum Gasteiger partial charge on any atom is -0.376 e. The van der Waals surface area contributed by atoms with Gasteiger partial charge >= 0.3 is 0 Å². The molecule has 1 aliphatic rings. The van der Waals surface area contributed by atoms with Crippen LogP contribution < -0.4 is 11.1 Å². The van der Waals surface area contributed by atoms with E-state index in [2.05, 4.69) is 38.2 Å². The van der Waals surface area contributed by atoms with Crippen LogP contribution in [-0.4, -0.2) is 37.0 Å². The lowest BCUT2D eigenvalue weighted by molar-refractivity contribution is -0.128. The van der Waals surface area contributed by atoms with E-state index < -0.39 is 0 Å². The summed E-state index contributed by atoms with van der Waals surface area (Å²) in [6, 6.07) is 6.15. The van der Waals surface area contributed by atoms with E-state index in [0.717, 1.165) is 25.2 Å². The second-order valence-corrected chi connectivity index (χ2v) is 6.20. The van der Waals surface area contributed by atoms with Crippen LogP contribution in [0.3, 0.4) is 0 Å². The highest BCUT2D eigenvalue weighted by Gasteiger charge is 2.34. The Balaban J connectivity index is 0.00000220. The summed E-state index contributed by atoms with van der Waals surface area (Å²) < 4.78 is 0. The third-order valence-corrected chi connectivity index (χ3v) is 4.30. The maximum atomic E-state index is 12.3. The van der Waals surface area contributed by atoms with E-state index in [1.165, 1.54) is 11.1 Å². The quantitative estimate of drug-likeness (QED) is 0.880. The van der Waals surface area contributed by atoms with Gasteiger partial charge in [-0.15, -0.1) is 24.8 Å². The van der Waals surface area contributed by atoms with Gasteiger partial charge in [0.2, 0.25) is 5.91 Å². The van der Waals surface area contributed by atoms with Crippen molar-refractivity contribution in [3.63, 3.8) is 0 Å². The Hall–Kier alpha value is -0.970. The highest BCUT2D eigenvalue weighted by Crippen LogP contribution is 2.28. The van der Waals surface area contributed by atoms with Crippen LogP contribution in [0.25, 0.3) is 0 Å². The Morgan fingerprint density at radius 3 is 2.41 bits per heavy atom. The first kappa shape index (κ1) is 21.0. The monoisotopic (exact) mass is 347 g/mol. The molecule has 1 amide bonds. The number of para-hydroxylation sites is 1. The van der Waals surface area contributed by atoms with Crippen molar-refractivity contribution in [1.82, 2.24) is 4.90 Å². The van der Waals surface area contributed by atoms with Crippen LogP contribution in [0.4, 0.5) is 5.69 Å². The predicted octanol–water partition coefficient (Wildman–Crippen LogP) is 2.76. The van der Waals surface area contributed by atoms with Crippen molar-refractivity contribution < 1.29 is 4.79 Å². The molecule has 22 heavy (non-hydrogen) atoms. The van der Waals surface area contributed by atoms with Gasteiger partial charge in [-0.1, -0.05) is 25.1 Å². The first-order valence-electron chi connectivity index (χ1n) is 7.23. The molecule has 0 radical (unpaired) electrons. The third kappa shape index (κ3) is 4.77. The van der Waals surface area contributed by atoms with E-state index in [1.54, 1.807) is 0 Å². The number of hydrogen-bond acceptors (Lipinski definition) is 3. The number of nitrogens with one attached hydrogen (secondary N) is 1. The molecule has 1 atom stereocenters. The second-order valence-electron chi connectivity index (χ2n) is 6.20. The summed E-state index contributed by atoms with van der Waals surface area (Å²) >= 11 is 0. The van der Waals surface area contributed by atoms with Crippen LogP contribution in [0, 0.1) is 19.3 Å². The Bertz CT molecular complexity index is 490. The maximum Gasteiger partial charge on any atom is 0.241 e. The first-order valence-corrected chi connectivity index (χ1v) is 7.23. The zero-order chi connectivity index (χ0) is 14.8. The molecule has 3 N–H and O–H groups in total. The van der Waals surface area contributed by atoms with Crippen molar-refractivity contribution in [1.29, 1.82) is 0 Å². The fourth-order valence-corrected chi connectivity index (χ4v) is 2.77. The largest absolute Gasteiger partial charge is 0.376 e. The van der Waals surface area contributed by atoms with Gasteiger partial charge in [-0.2, -0.15) is 0 Å². The summed E-state index contributed by atoms with van der Waals surface area (Å²) in [6.07, 6.45) is 0.999. The highest BCUT2D eigenvalue weighted by atomic mass is 35.5. The van der Waals surface area contributed by atoms with Crippen LogP contribution in [0.2, 0.25) is 0 Å². The topological polar surface area (TPSA) is 58.4 Å². The predicted molar refractivity (Wildman–Crippen MR) is 97.3 cm³/mol. The lowest BCUT2D eigenvalue weighted by Crippen LogP contribution is -2.37. The highest BCUT2D eigenvalue weighted by molar-refractivity contribution is 5.85. The number of rotatable bonds is 4. The molecule has 1 heterocycles. The molecule has 1 fully saturated rings. The van der Waals surface area contributed by atoms with Crippen LogP contribution >= 0.6 is 24.8 Å². The minimum absolute atomic E-state index is 0. The lowest BCUT2D eigenvalue weighted by atomic mass is 9.90. The molecule has 6 heteroatoms. The smallest absolute Gasteiger partial charge is 0.241 e. The van der Waals surface area contributed by atoms with E-state index in [-0.39, 0.29) is 36.1 Å². The third-order valence-electron chi connectivity index (χ3n) is 4.30. The number of carbonyl (C=O) groups is 1. The Kier molecular flexibility index (Phi) is 8.23. The van der Waals surface area contributed by atoms with Crippen LogP contribution in [0.15, 0.2) is 18.2 Å². The van der Waals surface area contributed by atoms with Gasteiger partial charge in [0.1, 0.15) is 0 Å². The fourth-order valence-electron chi connectivity index (χ4n) is 2.77. The number of nitrogens with two attached hydrogens (primary N) is 1. The van der Waals surface area contributed by atoms with Crippen molar-refractivity contribution in [3.8, 4) is 0 Å². The summed E-state index contributed by atoms with van der Waals surface area (Å²) in [7, 11) is 0. The van der Waals surface area contributed by atoms with Gasteiger partial charge in [0.15, 0.2) is 0 Å². The number of benzene rings is 1. The van der Waals surface area contributed by atoms with Gasteiger partial charge < -0.3 is 16.0 Å². The number of aryl methyl sites for hydroxylation is 2. The Morgan fingerprint density at radius 1 is 1.32 bits per heavy atom. The molecule has 126 valence electrons. The van der Waals surface area contributed by atoms with Gasteiger partial charge in [-0.05, 0) is 43.4 Å². The number of amides is 1. The average molecular weight is 348 g/mol. The van der Waals surface area contributed by atoms with Gasteiger partial charge in [-0.25, -0.2) is 0 Å². The summed E-state index contributed by atoms with van der Waals surface area (Å²) in [5.74, 6) is 0.157. The van der Waals surface area contributed by atoms with Crippen molar-refractivity contribution >= 4 is 36.4 Å². The normalized spacial score (nSPS) is 20.1. The van der Waals surface area contributed by atoms with Gasteiger partial charge in [0.25, 0.3) is 0 Å². The van der Waals surface area contributed by atoms with E-state index >= 15 is 0 Å². The molecule has 1 aromatic carbocycles. The van der Waals surface area contributed by atoms with E-state index in [1.807, 2.05) is 11.0 Å². The minimum atomic E-state index is 0. The molecule has 1 aromatic rings.